The van der Waals surface area contributed by atoms with E-state index in [9.17, 15) is 9.59 Å². The van der Waals surface area contributed by atoms with Crippen molar-refractivity contribution in [2.24, 2.45) is 7.05 Å². The maximum absolute atomic E-state index is 12.8. The van der Waals surface area contributed by atoms with E-state index in [1.165, 1.54) is 15.9 Å². The van der Waals surface area contributed by atoms with Crippen LogP contribution in [0.4, 0.5) is 0 Å². The number of amides is 1. The Hall–Kier alpha value is -3.13. The lowest BCUT2D eigenvalue weighted by Gasteiger charge is -2.15. The van der Waals surface area contributed by atoms with Crippen LogP contribution >= 0.6 is 22.9 Å². The number of nitrogens with zero attached hydrogens (tertiary/aromatic N) is 1. The number of nitrogens with one attached hydrogen (secondary N) is 1. The Morgan fingerprint density at radius 1 is 1.12 bits per heavy atom. The first-order chi connectivity index (χ1) is 16.2. The number of carbonyl (C=O) groups is 1. The number of rotatable bonds is 6. The molecular formula is C26H25ClN2O4S. The molecule has 8 heteroatoms. The predicted octanol–water partition coefficient (Wildman–Crippen LogP) is 5.36. The molecule has 1 amide bonds. The first-order valence-electron chi connectivity index (χ1n) is 10.8. The summed E-state index contributed by atoms with van der Waals surface area (Å²) in [4.78, 5) is 25.7. The van der Waals surface area contributed by atoms with E-state index in [-0.39, 0.29) is 24.6 Å². The average molecular weight is 497 g/mol. The number of carbonyl (C=O) groups excluding carboxylic acids is 1. The Morgan fingerprint density at radius 2 is 1.82 bits per heavy atom. The predicted molar refractivity (Wildman–Crippen MR) is 138 cm³/mol. The average Bonchev–Trinajstić information content (AvgIpc) is 3.22. The fourth-order valence-corrected chi connectivity index (χ4v) is 5.39. The smallest absolute Gasteiger partial charge is 0.261 e. The fraction of sp³-hybridized carbons (Fsp3) is 0.231. The van der Waals surface area contributed by atoms with Crippen molar-refractivity contribution < 1.29 is 14.6 Å². The molecule has 0 aliphatic heterocycles. The van der Waals surface area contributed by atoms with Gasteiger partial charge in [0, 0.05) is 35.1 Å². The fourth-order valence-electron chi connectivity index (χ4n) is 3.96. The highest BCUT2D eigenvalue weighted by Gasteiger charge is 2.18. The van der Waals surface area contributed by atoms with Gasteiger partial charge in [-0.25, -0.2) is 0 Å². The maximum atomic E-state index is 12.8. The second-order valence-corrected chi connectivity index (χ2v) is 9.79. The zero-order chi connectivity index (χ0) is 24.6. The van der Waals surface area contributed by atoms with Crippen molar-refractivity contribution in [1.29, 1.82) is 0 Å². The summed E-state index contributed by atoms with van der Waals surface area (Å²) in [6.07, 6.45) is 1.79. The second kappa shape index (κ2) is 9.62. The monoisotopic (exact) mass is 496 g/mol. The van der Waals surface area contributed by atoms with Gasteiger partial charge in [0.15, 0.2) is 0 Å². The van der Waals surface area contributed by atoms with E-state index in [1.807, 2.05) is 51.1 Å². The van der Waals surface area contributed by atoms with Gasteiger partial charge >= 0.3 is 0 Å². The van der Waals surface area contributed by atoms with Crippen molar-refractivity contribution in [2.45, 2.75) is 20.8 Å². The SMILES string of the molecule is Cc1cc(Oc2c(C)cc(Cl)cc2C)cc(-c2cn(C)c(=O)c3cc(C(=O)NCCO)sc23)c1. The Kier molecular flexibility index (Phi) is 6.79. The molecule has 2 aromatic heterocycles. The molecule has 0 atom stereocenters. The first kappa shape index (κ1) is 24.0. The number of ether oxygens (including phenoxy) is 1. The van der Waals surface area contributed by atoms with Crippen molar-refractivity contribution in [3.05, 3.63) is 79.5 Å². The maximum Gasteiger partial charge on any atom is 0.261 e. The van der Waals surface area contributed by atoms with Crippen LogP contribution in [0.2, 0.25) is 5.02 Å². The van der Waals surface area contributed by atoms with Crippen LogP contribution in [-0.2, 0) is 7.05 Å². The highest BCUT2D eigenvalue weighted by atomic mass is 35.5. The van der Waals surface area contributed by atoms with E-state index in [1.54, 1.807) is 19.3 Å². The van der Waals surface area contributed by atoms with Crippen LogP contribution in [0.3, 0.4) is 0 Å². The number of aryl methyl sites for hydroxylation is 4. The van der Waals surface area contributed by atoms with Crippen LogP contribution in [0.15, 0.2) is 47.4 Å². The molecular weight excluding hydrogens is 472 g/mol. The number of thiophene rings is 1. The number of pyridine rings is 1. The number of aliphatic hydroxyl groups is 1. The third-order valence-electron chi connectivity index (χ3n) is 5.48. The van der Waals surface area contributed by atoms with Gasteiger partial charge < -0.3 is 19.7 Å². The quantitative estimate of drug-likeness (QED) is 0.376. The van der Waals surface area contributed by atoms with Crippen LogP contribution in [0.5, 0.6) is 11.5 Å². The summed E-state index contributed by atoms with van der Waals surface area (Å²) >= 11 is 7.43. The molecule has 0 bridgehead atoms. The van der Waals surface area contributed by atoms with E-state index in [2.05, 4.69) is 5.32 Å². The molecule has 2 heterocycles. The Morgan fingerprint density at radius 3 is 2.50 bits per heavy atom. The molecule has 0 aliphatic carbocycles. The number of fused-ring (bicyclic) bond motifs is 1. The van der Waals surface area contributed by atoms with Crippen LogP contribution in [0.25, 0.3) is 21.2 Å². The molecule has 0 radical (unpaired) electrons. The number of hydrogen-bond donors (Lipinski definition) is 2. The van der Waals surface area contributed by atoms with E-state index in [4.69, 9.17) is 21.4 Å². The number of aromatic nitrogens is 1. The molecule has 6 nitrogen and oxygen atoms in total. The standard InChI is InChI=1S/C26H25ClN2O4S/c1-14-7-17(11-19(8-14)33-23-15(2)9-18(27)10-16(23)3)21-13-29(4)26(32)20-12-22(34-24(20)21)25(31)28-5-6-30/h7-13,30H,5-6H2,1-4H3,(H,28,31). The summed E-state index contributed by atoms with van der Waals surface area (Å²) in [5.41, 5.74) is 4.41. The molecule has 0 unspecified atom stereocenters. The number of halogens is 1. The molecule has 2 N–H and O–H groups in total. The van der Waals surface area contributed by atoms with Crippen LogP contribution in [-0.4, -0.2) is 28.7 Å². The highest BCUT2D eigenvalue weighted by Crippen LogP contribution is 2.37. The van der Waals surface area contributed by atoms with E-state index >= 15 is 0 Å². The van der Waals surface area contributed by atoms with Gasteiger partial charge in [-0.05, 0) is 73.4 Å². The van der Waals surface area contributed by atoms with Crippen LogP contribution in [0.1, 0.15) is 26.4 Å². The Labute approximate surface area is 206 Å². The van der Waals surface area contributed by atoms with Crippen molar-refractivity contribution in [3.8, 4) is 22.6 Å². The molecule has 176 valence electrons. The molecule has 0 fully saturated rings. The van der Waals surface area contributed by atoms with Crippen molar-refractivity contribution in [2.75, 3.05) is 13.2 Å². The lowest BCUT2D eigenvalue weighted by atomic mass is 10.0. The van der Waals surface area contributed by atoms with Crippen molar-refractivity contribution in [1.82, 2.24) is 9.88 Å². The molecule has 0 saturated carbocycles. The summed E-state index contributed by atoms with van der Waals surface area (Å²) < 4.78 is 8.53. The van der Waals surface area contributed by atoms with Gasteiger partial charge in [-0.3, -0.25) is 9.59 Å². The minimum atomic E-state index is -0.315. The zero-order valence-corrected chi connectivity index (χ0v) is 20.9. The first-order valence-corrected chi connectivity index (χ1v) is 12.0. The Balaban J connectivity index is 1.82. The minimum Gasteiger partial charge on any atom is -0.457 e. The van der Waals surface area contributed by atoms with Gasteiger partial charge in [0.05, 0.1) is 16.9 Å². The topological polar surface area (TPSA) is 80.6 Å². The van der Waals surface area contributed by atoms with Crippen molar-refractivity contribution >= 4 is 38.9 Å². The molecule has 34 heavy (non-hydrogen) atoms. The largest absolute Gasteiger partial charge is 0.457 e. The van der Waals surface area contributed by atoms with E-state index in [0.717, 1.165) is 38.3 Å². The van der Waals surface area contributed by atoms with Gasteiger partial charge in [-0.2, -0.15) is 0 Å². The summed E-state index contributed by atoms with van der Waals surface area (Å²) in [6.45, 7) is 5.90. The number of benzene rings is 2. The van der Waals surface area contributed by atoms with Gasteiger partial charge in [0.2, 0.25) is 0 Å². The summed E-state index contributed by atoms with van der Waals surface area (Å²) in [5.74, 6) is 1.11. The molecule has 4 aromatic rings. The number of aliphatic hydroxyl groups excluding tert-OH is 1. The minimum absolute atomic E-state index is 0.151. The van der Waals surface area contributed by atoms with Gasteiger partial charge in [0.25, 0.3) is 11.5 Å². The summed E-state index contributed by atoms with van der Waals surface area (Å²) in [6, 6.07) is 11.3. The van der Waals surface area contributed by atoms with Crippen LogP contribution < -0.4 is 15.6 Å². The van der Waals surface area contributed by atoms with Gasteiger partial charge in [-0.1, -0.05) is 17.7 Å². The second-order valence-electron chi connectivity index (χ2n) is 8.30. The summed E-state index contributed by atoms with van der Waals surface area (Å²) in [7, 11) is 1.70. The third-order valence-corrected chi connectivity index (χ3v) is 6.86. The molecule has 0 spiro atoms. The van der Waals surface area contributed by atoms with Crippen LogP contribution in [0, 0.1) is 20.8 Å². The van der Waals surface area contributed by atoms with Gasteiger partial charge in [-0.15, -0.1) is 11.3 Å². The lowest BCUT2D eigenvalue weighted by molar-refractivity contribution is 0.0949. The zero-order valence-electron chi connectivity index (χ0n) is 19.4. The normalized spacial score (nSPS) is 11.1. The highest BCUT2D eigenvalue weighted by molar-refractivity contribution is 7.21. The lowest BCUT2D eigenvalue weighted by Crippen LogP contribution is -2.25. The third kappa shape index (κ3) is 4.73. The van der Waals surface area contributed by atoms with Gasteiger partial charge in [0.1, 0.15) is 11.5 Å². The molecule has 2 aromatic carbocycles. The van der Waals surface area contributed by atoms with Crippen molar-refractivity contribution in [3.63, 3.8) is 0 Å². The van der Waals surface area contributed by atoms with E-state index in [0.29, 0.717) is 21.0 Å². The molecule has 0 aliphatic rings. The number of hydrogen-bond acceptors (Lipinski definition) is 5. The van der Waals surface area contributed by atoms with E-state index < -0.39 is 0 Å². The molecule has 0 saturated heterocycles. The Bertz CT molecular complexity index is 1450. The summed E-state index contributed by atoms with van der Waals surface area (Å²) in [5, 5.41) is 12.8. The molecule has 4 rings (SSSR count).